The van der Waals surface area contributed by atoms with E-state index in [1.807, 2.05) is 30.1 Å². The molecule has 1 aromatic carbocycles. The zero-order chi connectivity index (χ0) is 16.3. The number of sulfone groups is 1. The average Bonchev–Trinajstić information content (AvgIpc) is 2.79. The van der Waals surface area contributed by atoms with Crippen LogP contribution in [-0.4, -0.2) is 36.4 Å². The Hall–Kier alpha value is -1.66. The molecule has 2 aromatic rings. The SMILES string of the molecule is CCn1ncc(CN(C)Cc2ccc(S(C)(=O)=O)cc2)c1C. The lowest BCUT2D eigenvalue weighted by molar-refractivity contribution is 0.318. The molecule has 0 unspecified atom stereocenters. The fraction of sp³-hybridized carbons (Fsp3) is 0.438. The van der Waals surface area contributed by atoms with Crippen molar-refractivity contribution in [2.75, 3.05) is 13.3 Å². The van der Waals surface area contributed by atoms with Crippen LogP contribution in [0.15, 0.2) is 35.4 Å². The zero-order valence-electron chi connectivity index (χ0n) is 13.6. The Morgan fingerprint density at radius 1 is 1.18 bits per heavy atom. The molecular formula is C16H23N3O2S. The van der Waals surface area contributed by atoms with Crippen LogP contribution in [0.25, 0.3) is 0 Å². The van der Waals surface area contributed by atoms with E-state index in [4.69, 9.17) is 0 Å². The van der Waals surface area contributed by atoms with Crippen LogP contribution in [-0.2, 0) is 29.5 Å². The van der Waals surface area contributed by atoms with Crippen molar-refractivity contribution in [1.82, 2.24) is 14.7 Å². The summed E-state index contributed by atoms with van der Waals surface area (Å²) >= 11 is 0. The number of hydrogen-bond donors (Lipinski definition) is 0. The van der Waals surface area contributed by atoms with Gasteiger partial charge in [-0.1, -0.05) is 12.1 Å². The first-order valence-electron chi connectivity index (χ1n) is 7.30. The van der Waals surface area contributed by atoms with E-state index >= 15 is 0 Å². The average molecular weight is 321 g/mol. The highest BCUT2D eigenvalue weighted by Gasteiger charge is 2.10. The molecule has 0 aliphatic carbocycles. The second-order valence-electron chi connectivity index (χ2n) is 5.66. The number of nitrogens with zero attached hydrogens (tertiary/aromatic N) is 3. The molecule has 0 fully saturated rings. The number of rotatable bonds is 6. The zero-order valence-corrected chi connectivity index (χ0v) is 14.4. The number of aryl methyl sites for hydroxylation is 1. The van der Waals surface area contributed by atoms with Crippen LogP contribution >= 0.6 is 0 Å². The normalized spacial score (nSPS) is 12.0. The van der Waals surface area contributed by atoms with Crippen molar-refractivity contribution in [3.05, 3.63) is 47.3 Å². The third kappa shape index (κ3) is 3.96. The first-order valence-corrected chi connectivity index (χ1v) is 9.19. The quantitative estimate of drug-likeness (QED) is 0.819. The maximum Gasteiger partial charge on any atom is 0.175 e. The molecule has 0 bridgehead atoms. The summed E-state index contributed by atoms with van der Waals surface area (Å²) in [6.07, 6.45) is 3.14. The molecule has 0 saturated carbocycles. The third-order valence-electron chi connectivity index (χ3n) is 3.75. The van der Waals surface area contributed by atoms with E-state index in [9.17, 15) is 8.42 Å². The lowest BCUT2D eigenvalue weighted by Crippen LogP contribution is -2.17. The van der Waals surface area contributed by atoms with E-state index in [1.54, 1.807) is 12.1 Å². The van der Waals surface area contributed by atoms with E-state index in [0.29, 0.717) is 4.90 Å². The highest BCUT2D eigenvalue weighted by molar-refractivity contribution is 7.90. The van der Waals surface area contributed by atoms with Crippen molar-refractivity contribution in [2.45, 2.75) is 38.4 Å². The van der Waals surface area contributed by atoms with Crippen LogP contribution < -0.4 is 0 Å². The molecule has 6 heteroatoms. The molecular weight excluding hydrogens is 298 g/mol. The maximum atomic E-state index is 11.5. The molecule has 0 radical (unpaired) electrons. The first kappa shape index (κ1) is 16.7. The van der Waals surface area contributed by atoms with Gasteiger partial charge < -0.3 is 0 Å². The minimum absolute atomic E-state index is 0.360. The molecule has 5 nitrogen and oxygen atoms in total. The summed E-state index contributed by atoms with van der Waals surface area (Å²) in [4.78, 5) is 2.55. The van der Waals surface area contributed by atoms with Gasteiger partial charge in [0.1, 0.15) is 0 Å². The minimum atomic E-state index is -3.13. The molecule has 120 valence electrons. The molecule has 0 atom stereocenters. The second kappa shape index (κ2) is 6.62. The summed E-state index contributed by atoms with van der Waals surface area (Å²) in [5.41, 5.74) is 3.51. The lowest BCUT2D eigenvalue weighted by atomic mass is 10.2. The summed E-state index contributed by atoms with van der Waals surface area (Å²) in [6, 6.07) is 7.07. The predicted octanol–water partition coefficient (Wildman–Crippen LogP) is 2.25. The fourth-order valence-corrected chi connectivity index (χ4v) is 3.09. The van der Waals surface area contributed by atoms with Gasteiger partial charge in [-0.25, -0.2) is 8.42 Å². The van der Waals surface area contributed by atoms with Gasteiger partial charge in [-0.2, -0.15) is 5.10 Å². The van der Waals surface area contributed by atoms with Crippen LogP contribution in [0.2, 0.25) is 0 Å². The van der Waals surface area contributed by atoms with Gasteiger partial charge in [0, 0.05) is 37.1 Å². The predicted molar refractivity (Wildman–Crippen MR) is 87.4 cm³/mol. The van der Waals surface area contributed by atoms with Gasteiger partial charge in [-0.3, -0.25) is 9.58 Å². The van der Waals surface area contributed by atoms with Crippen molar-refractivity contribution in [2.24, 2.45) is 0 Å². The highest BCUT2D eigenvalue weighted by atomic mass is 32.2. The standard InChI is InChI=1S/C16H23N3O2S/c1-5-19-13(2)15(10-17-19)12-18(3)11-14-6-8-16(9-7-14)22(4,20)21/h6-10H,5,11-12H2,1-4H3. The Morgan fingerprint density at radius 3 is 2.32 bits per heavy atom. The minimum Gasteiger partial charge on any atom is -0.298 e. The summed E-state index contributed by atoms with van der Waals surface area (Å²) in [5.74, 6) is 0. The molecule has 0 N–H and O–H groups in total. The van der Waals surface area contributed by atoms with Gasteiger partial charge in [0.05, 0.1) is 11.1 Å². The van der Waals surface area contributed by atoms with Gasteiger partial charge in [0.2, 0.25) is 0 Å². The van der Waals surface area contributed by atoms with Crippen LogP contribution in [0.3, 0.4) is 0 Å². The van der Waals surface area contributed by atoms with Crippen LogP contribution in [0, 0.1) is 6.92 Å². The molecule has 2 rings (SSSR count). The Labute approximate surface area is 132 Å². The Bertz CT molecular complexity index is 733. The summed E-state index contributed by atoms with van der Waals surface area (Å²) in [5, 5.41) is 4.36. The van der Waals surface area contributed by atoms with E-state index in [0.717, 1.165) is 25.2 Å². The van der Waals surface area contributed by atoms with Crippen molar-refractivity contribution >= 4 is 9.84 Å². The number of hydrogen-bond acceptors (Lipinski definition) is 4. The molecule has 0 aliphatic rings. The Balaban J connectivity index is 2.02. The van der Waals surface area contributed by atoms with E-state index in [1.165, 1.54) is 17.5 Å². The molecule has 0 amide bonds. The smallest absolute Gasteiger partial charge is 0.175 e. The Kier molecular flexibility index (Phi) is 5.03. The molecule has 1 heterocycles. The maximum absolute atomic E-state index is 11.5. The number of benzene rings is 1. The molecule has 1 aromatic heterocycles. The fourth-order valence-electron chi connectivity index (χ4n) is 2.46. The third-order valence-corrected chi connectivity index (χ3v) is 4.88. The molecule has 22 heavy (non-hydrogen) atoms. The van der Waals surface area contributed by atoms with Crippen molar-refractivity contribution in [3.63, 3.8) is 0 Å². The second-order valence-corrected chi connectivity index (χ2v) is 7.68. The van der Waals surface area contributed by atoms with Crippen LogP contribution in [0.1, 0.15) is 23.7 Å². The largest absolute Gasteiger partial charge is 0.298 e. The summed E-state index contributed by atoms with van der Waals surface area (Å²) in [7, 11) is -1.08. The van der Waals surface area contributed by atoms with Crippen LogP contribution in [0.5, 0.6) is 0 Å². The topological polar surface area (TPSA) is 55.2 Å². The molecule has 0 saturated heterocycles. The van der Waals surface area contributed by atoms with Gasteiger partial charge in [0.25, 0.3) is 0 Å². The summed E-state index contributed by atoms with van der Waals surface area (Å²) in [6.45, 7) is 6.63. The monoisotopic (exact) mass is 321 g/mol. The van der Waals surface area contributed by atoms with Gasteiger partial charge in [0.15, 0.2) is 9.84 Å². The van der Waals surface area contributed by atoms with Gasteiger partial charge >= 0.3 is 0 Å². The van der Waals surface area contributed by atoms with E-state index < -0.39 is 9.84 Å². The van der Waals surface area contributed by atoms with E-state index in [-0.39, 0.29) is 0 Å². The van der Waals surface area contributed by atoms with Crippen molar-refractivity contribution in [1.29, 1.82) is 0 Å². The first-order chi connectivity index (χ1) is 10.3. The Morgan fingerprint density at radius 2 is 1.82 bits per heavy atom. The van der Waals surface area contributed by atoms with Gasteiger partial charge in [-0.15, -0.1) is 0 Å². The highest BCUT2D eigenvalue weighted by Crippen LogP contribution is 2.14. The number of aromatic nitrogens is 2. The molecule has 0 spiro atoms. The van der Waals surface area contributed by atoms with E-state index in [2.05, 4.69) is 23.8 Å². The lowest BCUT2D eigenvalue weighted by Gasteiger charge is -2.16. The van der Waals surface area contributed by atoms with Crippen LogP contribution in [0.4, 0.5) is 0 Å². The summed E-state index contributed by atoms with van der Waals surface area (Å²) < 4.78 is 24.9. The molecule has 0 aliphatic heterocycles. The van der Waals surface area contributed by atoms with Crippen molar-refractivity contribution < 1.29 is 8.42 Å². The van der Waals surface area contributed by atoms with Gasteiger partial charge in [-0.05, 0) is 38.6 Å². The van der Waals surface area contributed by atoms with Crippen molar-refractivity contribution in [3.8, 4) is 0 Å².